The van der Waals surface area contributed by atoms with Gasteiger partial charge in [0.1, 0.15) is 12.1 Å². The summed E-state index contributed by atoms with van der Waals surface area (Å²) in [7, 11) is 1.28. The van der Waals surface area contributed by atoms with E-state index in [1.54, 1.807) is 0 Å². The van der Waals surface area contributed by atoms with E-state index in [1.165, 1.54) is 7.11 Å². The van der Waals surface area contributed by atoms with Gasteiger partial charge in [-0.05, 0) is 24.0 Å². The molecule has 7 nitrogen and oxygen atoms in total. The van der Waals surface area contributed by atoms with Gasteiger partial charge >= 0.3 is 5.97 Å². The summed E-state index contributed by atoms with van der Waals surface area (Å²) in [5.41, 5.74) is 1.99. The molecule has 0 saturated carbocycles. The van der Waals surface area contributed by atoms with Crippen molar-refractivity contribution in [1.82, 2.24) is 16.0 Å². The Labute approximate surface area is 140 Å². The zero-order valence-electron chi connectivity index (χ0n) is 13.5. The zero-order valence-corrected chi connectivity index (χ0v) is 13.5. The van der Waals surface area contributed by atoms with Crippen molar-refractivity contribution in [2.75, 3.05) is 13.7 Å². The minimum atomic E-state index is -0.828. The summed E-state index contributed by atoms with van der Waals surface area (Å²) in [4.78, 5) is 36.4. The number of amides is 2. The highest BCUT2D eigenvalue weighted by molar-refractivity contribution is 5.89. The number of hydrogen-bond donors (Lipinski definition) is 3. The van der Waals surface area contributed by atoms with Gasteiger partial charge in [-0.25, -0.2) is 4.79 Å². The standard InChI is InChI=1S/C17H21N3O4/c1-24-17(23)13(8-10-6-7-18-15(10)21)20-16(22)14-12-5-3-2-4-11(12)9-19-14/h2-5,10,13-14,19H,6-9H2,1H3,(H,18,21)(H,20,22)/t10?,13-,14?/m0/s1. The minimum absolute atomic E-state index is 0.0810. The number of fused-ring (bicyclic) bond motifs is 1. The maximum atomic E-state index is 12.6. The number of benzene rings is 1. The summed E-state index contributed by atoms with van der Waals surface area (Å²) in [6.45, 7) is 1.21. The summed E-state index contributed by atoms with van der Waals surface area (Å²) in [6.07, 6.45) is 0.908. The topological polar surface area (TPSA) is 96.5 Å². The quantitative estimate of drug-likeness (QED) is 0.661. The van der Waals surface area contributed by atoms with Crippen LogP contribution in [0, 0.1) is 5.92 Å². The SMILES string of the molecule is COC(=O)[C@H](CC1CCNC1=O)NC(=O)C1NCc2ccccc21. The molecule has 0 aromatic heterocycles. The molecule has 7 heteroatoms. The number of rotatable bonds is 5. The second-order valence-electron chi connectivity index (χ2n) is 6.11. The van der Waals surface area contributed by atoms with Gasteiger partial charge in [-0.2, -0.15) is 0 Å². The predicted octanol–water partition coefficient (Wildman–Crippen LogP) is 0.0149. The Kier molecular flexibility index (Phi) is 4.80. The van der Waals surface area contributed by atoms with Crippen LogP contribution in [0.3, 0.4) is 0 Å². The molecule has 1 fully saturated rings. The van der Waals surface area contributed by atoms with Crippen LogP contribution in [0.1, 0.15) is 30.0 Å². The van der Waals surface area contributed by atoms with Crippen LogP contribution in [-0.4, -0.2) is 37.5 Å². The average molecular weight is 331 g/mol. The van der Waals surface area contributed by atoms with Gasteiger partial charge < -0.3 is 15.4 Å². The highest BCUT2D eigenvalue weighted by atomic mass is 16.5. The van der Waals surface area contributed by atoms with Crippen molar-refractivity contribution in [1.29, 1.82) is 0 Å². The fraction of sp³-hybridized carbons (Fsp3) is 0.471. The molecule has 2 heterocycles. The Hall–Kier alpha value is -2.41. The van der Waals surface area contributed by atoms with Crippen molar-refractivity contribution in [2.24, 2.45) is 5.92 Å². The highest BCUT2D eigenvalue weighted by Crippen LogP contribution is 2.25. The van der Waals surface area contributed by atoms with Gasteiger partial charge in [0.05, 0.1) is 7.11 Å². The molecule has 3 atom stereocenters. The van der Waals surface area contributed by atoms with Crippen molar-refractivity contribution in [3.05, 3.63) is 35.4 Å². The largest absolute Gasteiger partial charge is 0.467 e. The van der Waals surface area contributed by atoms with Gasteiger partial charge in [0.15, 0.2) is 0 Å². The van der Waals surface area contributed by atoms with Crippen LogP contribution in [0.4, 0.5) is 0 Å². The summed E-state index contributed by atoms with van der Waals surface area (Å²) >= 11 is 0. The molecule has 2 aliphatic rings. The summed E-state index contributed by atoms with van der Waals surface area (Å²) in [5.74, 6) is -1.18. The van der Waals surface area contributed by atoms with E-state index < -0.39 is 18.1 Å². The first kappa shape index (κ1) is 16.4. The average Bonchev–Trinajstić information content (AvgIpc) is 3.20. The van der Waals surface area contributed by atoms with Gasteiger partial charge in [-0.1, -0.05) is 24.3 Å². The van der Waals surface area contributed by atoms with Crippen LogP contribution in [0.2, 0.25) is 0 Å². The predicted molar refractivity (Wildman–Crippen MR) is 85.7 cm³/mol. The summed E-state index contributed by atoms with van der Waals surface area (Å²) < 4.78 is 4.79. The van der Waals surface area contributed by atoms with Gasteiger partial charge in [0, 0.05) is 19.0 Å². The Bertz CT molecular complexity index is 661. The van der Waals surface area contributed by atoms with E-state index in [-0.39, 0.29) is 24.2 Å². The van der Waals surface area contributed by atoms with E-state index >= 15 is 0 Å². The molecule has 0 aliphatic carbocycles. The lowest BCUT2D eigenvalue weighted by atomic mass is 9.97. The number of nitrogens with one attached hydrogen (secondary N) is 3. The van der Waals surface area contributed by atoms with Gasteiger partial charge in [-0.15, -0.1) is 0 Å². The van der Waals surface area contributed by atoms with E-state index in [9.17, 15) is 14.4 Å². The van der Waals surface area contributed by atoms with E-state index in [4.69, 9.17) is 4.74 Å². The van der Waals surface area contributed by atoms with Crippen LogP contribution in [0.15, 0.2) is 24.3 Å². The van der Waals surface area contributed by atoms with E-state index in [2.05, 4.69) is 16.0 Å². The van der Waals surface area contributed by atoms with Crippen LogP contribution in [0.25, 0.3) is 0 Å². The molecular formula is C17H21N3O4. The van der Waals surface area contributed by atoms with Crippen LogP contribution in [0.5, 0.6) is 0 Å². The number of hydrogen-bond acceptors (Lipinski definition) is 5. The molecule has 3 N–H and O–H groups in total. The second-order valence-corrected chi connectivity index (χ2v) is 6.11. The third kappa shape index (κ3) is 3.26. The number of esters is 1. The lowest BCUT2D eigenvalue weighted by Gasteiger charge is -2.21. The van der Waals surface area contributed by atoms with Crippen molar-refractivity contribution >= 4 is 17.8 Å². The number of carbonyl (C=O) groups is 3. The lowest BCUT2D eigenvalue weighted by Crippen LogP contribution is -2.46. The molecule has 24 heavy (non-hydrogen) atoms. The zero-order chi connectivity index (χ0) is 17.1. The third-order valence-electron chi connectivity index (χ3n) is 4.61. The molecule has 1 saturated heterocycles. The molecule has 0 bridgehead atoms. The first-order chi connectivity index (χ1) is 11.6. The normalized spacial score (nSPS) is 23.3. The van der Waals surface area contributed by atoms with Crippen molar-refractivity contribution < 1.29 is 19.1 Å². The number of methoxy groups -OCH3 is 1. The van der Waals surface area contributed by atoms with Gasteiger partial charge in [0.25, 0.3) is 0 Å². The first-order valence-corrected chi connectivity index (χ1v) is 8.07. The van der Waals surface area contributed by atoms with Crippen LogP contribution >= 0.6 is 0 Å². The Balaban J connectivity index is 1.69. The molecule has 0 spiro atoms. The van der Waals surface area contributed by atoms with Crippen LogP contribution < -0.4 is 16.0 Å². The fourth-order valence-corrected chi connectivity index (χ4v) is 3.30. The van der Waals surface area contributed by atoms with E-state index in [0.29, 0.717) is 19.5 Å². The monoisotopic (exact) mass is 331 g/mol. The molecule has 2 aliphatic heterocycles. The lowest BCUT2D eigenvalue weighted by molar-refractivity contribution is -0.146. The summed E-state index contributed by atoms with van der Waals surface area (Å²) in [6, 6.07) is 6.35. The fourth-order valence-electron chi connectivity index (χ4n) is 3.30. The Morgan fingerprint density at radius 3 is 2.88 bits per heavy atom. The summed E-state index contributed by atoms with van der Waals surface area (Å²) in [5, 5.41) is 8.62. The molecule has 128 valence electrons. The van der Waals surface area contributed by atoms with Gasteiger partial charge in [-0.3, -0.25) is 14.9 Å². The molecular weight excluding hydrogens is 310 g/mol. The second kappa shape index (κ2) is 7.00. The molecule has 2 unspecified atom stereocenters. The molecule has 2 amide bonds. The molecule has 3 rings (SSSR count). The minimum Gasteiger partial charge on any atom is -0.467 e. The van der Waals surface area contributed by atoms with E-state index in [0.717, 1.165) is 11.1 Å². The molecule has 1 aromatic carbocycles. The number of carbonyl (C=O) groups excluding carboxylic acids is 3. The smallest absolute Gasteiger partial charge is 0.328 e. The first-order valence-electron chi connectivity index (χ1n) is 8.07. The van der Waals surface area contributed by atoms with Crippen LogP contribution in [-0.2, 0) is 25.7 Å². The third-order valence-corrected chi connectivity index (χ3v) is 4.61. The number of ether oxygens (including phenoxy) is 1. The Morgan fingerprint density at radius 1 is 1.38 bits per heavy atom. The van der Waals surface area contributed by atoms with Crippen molar-refractivity contribution in [3.63, 3.8) is 0 Å². The van der Waals surface area contributed by atoms with Crippen molar-refractivity contribution in [2.45, 2.75) is 31.5 Å². The van der Waals surface area contributed by atoms with E-state index in [1.807, 2.05) is 24.3 Å². The molecule has 1 aromatic rings. The van der Waals surface area contributed by atoms with Crippen molar-refractivity contribution in [3.8, 4) is 0 Å². The van der Waals surface area contributed by atoms with Gasteiger partial charge in [0.2, 0.25) is 11.8 Å². The maximum absolute atomic E-state index is 12.6. The maximum Gasteiger partial charge on any atom is 0.328 e. The Morgan fingerprint density at radius 2 is 2.17 bits per heavy atom. The molecule has 0 radical (unpaired) electrons. The highest BCUT2D eigenvalue weighted by Gasteiger charge is 2.35.